The largest absolute Gasteiger partial charge is 0.351 e. The van der Waals surface area contributed by atoms with Crippen LogP contribution in [0.5, 0.6) is 0 Å². The number of aromatic nitrogens is 2. The van der Waals surface area contributed by atoms with Gasteiger partial charge in [0.15, 0.2) is 0 Å². The first-order chi connectivity index (χ1) is 14.1. The highest BCUT2D eigenvalue weighted by Gasteiger charge is 2.22. The van der Waals surface area contributed by atoms with E-state index in [0.29, 0.717) is 18.9 Å². The van der Waals surface area contributed by atoms with Gasteiger partial charge >= 0.3 is 6.03 Å². The summed E-state index contributed by atoms with van der Waals surface area (Å²) in [6, 6.07) is 13.9. The van der Waals surface area contributed by atoms with Crippen LogP contribution in [0.2, 0.25) is 0 Å². The fourth-order valence-corrected chi connectivity index (χ4v) is 3.58. The summed E-state index contributed by atoms with van der Waals surface area (Å²) in [5, 5.41) is 0. The lowest BCUT2D eigenvalue weighted by Gasteiger charge is -2.26. The highest BCUT2D eigenvalue weighted by molar-refractivity contribution is 7.98. The smallest absolute Gasteiger partial charge is 0.320 e. The Balaban J connectivity index is 0.000000252. The van der Waals surface area contributed by atoms with Gasteiger partial charge in [0.25, 0.3) is 0 Å². The van der Waals surface area contributed by atoms with E-state index >= 15 is 0 Å². The van der Waals surface area contributed by atoms with Crippen LogP contribution in [-0.2, 0) is 13.0 Å². The Kier molecular flexibility index (Phi) is 7.21. The summed E-state index contributed by atoms with van der Waals surface area (Å²) in [7, 11) is 0. The van der Waals surface area contributed by atoms with E-state index in [4.69, 9.17) is 11.5 Å². The number of pyridine rings is 2. The van der Waals surface area contributed by atoms with Crippen molar-refractivity contribution in [3.8, 4) is 11.1 Å². The molecule has 0 saturated heterocycles. The molecule has 0 fully saturated rings. The van der Waals surface area contributed by atoms with E-state index in [0.717, 1.165) is 35.1 Å². The molecule has 0 unspecified atom stereocenters. The molecular formula is C22H25N5OS. The number of nitrogens with two attached hydrogens (primary N) is 2. The molecule has 1 aliphatic rings. The van der Waals surface area contributed by atoms with Gasteiger partial charge in [-0.05, 0) is 54.5 Å². The van der Waals surface area contributed by atoms with Crippen LogP contribution in [0.1, 0.15) is 17.5 Å². The van der Waals surface area contributed by atoms with Crippen molar-refractivity contribution in [3.05, 3.63) is 72.2 Å². The topological polar surface area (TPSA) is 98.1 Å². The maximum Gasteiger partial charge on any atom is 0.320 e. The summed E-state index contributed by atoms with van der Waals surface area (Å²) in [5.74, 6) is 0.667. The number of primary amides is 1. The Morgan fingerprint density at radius 2 is 1.90 bits per heavy atom. The molecule has 3 heterocycles. The standard InChI is InChI=1S/C15H17N5O.C7H8S/c16-6-10-4-12(8-18-7-10)13-5-11-2-1-3-20(15(17)21)14(11)19-9-13;1-8-7-5-3-2-4-6-7/h4-5,7-9H,1-3,6,16H2,(H2,17,21);2-6H,1H3. The number of aryl methyl sites for hydroxylation is 1. The van der Waals surface area contributed by atoms with E-state index < -0.39 is 6.03 Å². The molecule has 29 heavy (non-hydrogen) atoms. The van der Waals surface area contributed by atoms with Gasteiger partial charge in [-0.15, -0.1) is 11.8 Å². The number of thioether (sulfide) groups is 1. The second-order valence-corrected chi connectivity index (χ2v) is 7.48. The number of fused-ring (bicyclic) bond motifs is 1. The van der Waals surface area contributed by atoms with Crippen LogP contribution in [0.25, 0.3) is 11.1 Å². The number of nitrogens with zero attached hydrogens (tertiary/aromatic N) is 3. The molecular weight excluding hydrogens is 382 g/mol. The minimum atomic E-state index is -0.456. The van der Waals surface area contributed by atoms with E-state index in [1.165, 1.54) is 9.80 Å². The quantitative estimate of drug-likeness (QED) is 0.643. The highest BCUT2D eigenvalue weighted by Crippen LogP contribution is 2.29. The van der Waals surface area contributed by atoms with E-state index in [9.17, 15) is 4.79 Å². The molecule has 0 bridgehead atoms. The number of carbonyl (C=O) groups excluding carboxylic acids is 1. The normalized spacial score (nSPS) is 12.6. The van der Waals surface area contributed by atoms with Crippen molar-refractivity contribution in [2.24, 2.45) is 11.5 Å². The SMILES string of the molecule is CSc1ccccc1.NCc1cncc(-c2cnc3c(c2)CCCN3C(N)=O)c1. The van der Waals surface area contributed by atoms with Crippen LogP contribution >= 0.6 is 11.8 Å². The Labute approximate surface area is 175 Å². The van der Waals surface area contributed by atoms with Crippen LogP contribution in [0, 0.1) is 0 Å². The molecule has 3 aromatic rings. The van der Waals surface area contributed by atoms with Crippen LogP contribution in [0.3, 0.4) is 0 Å². The number of carbonyl (C=O) groups is 1. The Bertz CT molecular complexity index is 964. The van der Waals surface area contributed by atoms with Gasteiger partial charge in [0, 0.05) is 47.7 Å². The zero-order valence-electron chi connectivity index (χ0n) is 16.4. The number of anilines is 1. The Morgan fingerprint density at radius 1 is 1.14 bits per heavy atom. The number of hydrogen-bond donors (Lipinski definition) is 2. The maximum atomic E-state index is 11.4. The predicted molar refractivity (Wildman–Crippen MR) is 119 cm³/mol. The Hall–Kier alpha value is -2.90. The van der Waals surface area contributed by atoms with Gasteiger partial charge in [0.05, 0.1) is 0 Å². The minimum absolute atomic E-state index is 0.453. The third-order valence-corrected chi connectivity index (χ3v) is 5.38. The zero-order chi connectivity index (χ0) is 20.6. The van der Waals surface area contributed by atoms with Gasteiger partial charge in [-0.25, -0.2) is 9.78 Å². The molecule has 1 aromatic carbocycles. The first-order valence-electron chi connectivity index (χ1n) is 9.41. The van der Waals surface area contributed by atoms with Crippen molar-refractivity contribution in [2.45, 2.75) is 24.3 Å². The van der Waals surface area contributed by atoms with Crippen LogP contribution in [0.15, 0.2) is 66.0 Å². The molecule has 150 valence electrons. The third kappa shape index (κ3) is 5.34. The number of rotatable bonds is 3. The van der Waals surface area contributed by atoms with E-state index in [2.05, 4.69) is 34.4 Å². The fraction of sp³-hybridized carbons (Fsp3) is 0.227. The van der Waals surface area contributed by atoms with Crippen molar-refractivity contribution in [1.82, 2.24) is 9.97 Å². The molecule has 7 heteroatoms. The van der Waals surface area contributed by atoms with Crippen molar-refractivity contribution in [2.75, 3.05) is 17.7 Å². The molecule has 2 aromatic heterocycles. The molecule has 0 aliphatic carbocycles. The lowest BCUT2D eigenvalue weighted by molar-refractivity contribution is 0.253. The van der Waals surface area contributed by atoms with Crippen molar-refractivity contribution in [3.63, 3.8) is 0 Å². The molecule has 0 atom stereocenters. The zero-order valence-corrected chi connectivity index (χ0v) is 17.2. The van der Waals surface area contributed by atoms with Crippen LogP contribution in [0.4, 0.5) is 10.6 Å². The highest BCUT2D eigenvalue weighted by atomic mass is 32.2. The fourth-order valence-electron chi connectivity index (χ4n) is 3.15. The molecule has 4 rings (SSSR count). The third-order valence-electron chi connectivity index (χ3n) is 4.64. The van der Waals surface area contributed by atoms with Gasteiger partial charge in [0.1, 0.15) is 5.82 Å². The van der Waals surface area contributed by atoms with E-state index in [1.54, 1.807) is 30.4 Å². The molecule has 0 radical (unpaired) electrons. The lowest BCUT2D eigenvalue weighted by Crippen LogP contribution is -2.40. The maximum absolute atomic E-state index is 11.4. The first kappa shape index (κ1) is 20.8. The van der Waals surface area contributed by atoms with E-state index in [-0.39, 0.29) is 0 Å². The number of benzene rings is 1. The second kappa shape index (κ2) is 10.0. The molecule has 1 aliphatic heterocycles. The number of urea groups is 1. The summed E-state index contributed by atoms with van der Waals surface area (Å²) in [6.07, 6.45) is 9.15. The summed E-state index contributed by atoms with van der Waals surface area (Å²) >= 11 is 1.77. The molecule has 0 saturated carbocycles. The van der Waals surface area contributed by atoms with Crippen molar-refractivity contribution >= 4 is 23.6 Å². The predicted octanol–water partition coefficient (Wildman–Crippen LogP) is 3.84. The molecule has 0 spiro atoms. The average Bonchev–Trinajstić information content (AvgIpc) is 2.79. The molecule has 2 amide bonds. The minimum Gasteiger partial charge on any atom is -0.351 e. The summed E-state index contributed by atoms with van der Waals surface area (Å²) in [4.78, 5) is 22.9. The first-order valence-corrected chi connectivity index (χ1v) is 10.6. The monoisotopic (exact) mass is 407 g/mol. The number of amides is 2. The Morgan fingerprint density at radius 3 is 2.55 bits per heavy atom. The van der Waals surface area contributed by atoms with Crippen LogP contribution < -0.4 is 16.4 Å². The molecule has 6 nitrogen and oxygen atoms in total. The van der Waals surface area contributed by atoms with Crippen molar-refractivity contribution < 1.29 is 4.79 Å². The van der Waals surface area contributed by atoms with Gasteiger partial charge in [-0.2, -0.15) is 0 Å². The number of hydrogen-bond acceptors (Lipinski definition) is 5. The second-order valence-electron chi connectivity index (χ2n) is 6.60. The van der Waals surface area contributed by atoms with Gasteiger partial charge < -0.3 is 11.5 Å². The summed E-state index contributed by atoms with van der Waals surface area (Å²) in [5.41, 5.74) is 15.0. The van der Waals surface area contributed by atoms with Gasteiger partial charge in [0.2, 0.25) is 0 Å². The lowest BCUT2D eigenvalue weighted by atomic mass is 10.0. The molecule has 4 N–H and O–H groups in total. The van der Waals surface area contributed by atoms with Gasteiger partial charge in [-0.3, -0.25) is 9.88 Å². The summed E-state index contributed by atoms with van der Waals surface area (Å²) < 4.78 is 0. The van der Waals surface area contributed by atoms with Crippen molar-refractivity contribution in [1.29, 1.82) is 0 Å². The van der Waals surface area contributed by atoms with E-state index in [1.807, 2.05) is 24.3 Å². The van der Waals surface area contributed by atoms with Gasteiger partial charge in [-0.1, -0.05) is 18.2 Å². The van der Waals surface area contributed by atoms with Crippen LogP contribution in [-0.4, -0.2) is 28.8 Å². The average molecular weight is 408 g/mol. The summed E-state index contributed by atoms with van der Waals surface area (Å²) in [6.45, 7) is 1.08.